The van der Waals surface area contributed by atoms with Gasteiger partial charge in [-0.15, -0.1) is 0 Å². The Hall–Kier alpha value is 0.110. The summed E-state index contributed by atoms with van der Waals surface area (Å²) in [5, 5.41) is 0. The first-order valence-electron chi connectivity index (χ1n) is 3.54. The van der Waals surface area contributed by atoms with E-state index in [0.29, 0.717) is 0 Å². The zero-order valence-corrected chi connectivity index (χ0v) is 9.44. The fourth-order valence-corrected chi connectivity index (χ4v) is 1.65. The van der Waals surface area contributed by atoms with Crippen LogP contribution in [0, 0.1) is 0 Å². The maximum Gasteiger partial charge on any atom is 0.0556 e. The van der Waals surface area contributed by atoms with E-state index >= 15 is 0 Å². The molecule has 0 saturated heterocycles. The predicted octanol–water partition coefficient (Wildman–Crippen LogP) is 3.56. The first-order chi connectivity index (χ1) is 5.25. The van der Waals surface area contributed by atoms with E-state index in [9.17, 15) is 0 Å². The highest BCUT2D eigenvalue weighted by atomic mass is 79.9. The SMILES string of the molecule is CCCc1nccc(Br)c1Br. The maximum atomic E-state index is 4.25. The van der Waals surface area contributed by atoms with Crippen LogP contribution in [0.3, 0.4) is 0 Å². The first kappa shape index (κ1) is 9.20. The van der Waals surface area contributed by atoms with Crippen LogP contribution >= 0.6 is 31.9 Å². The number of rotatable bonds is 2. The van der Waals surface area contributed by atoms with E-state index in [4.69, 9.17) is 0 Å². The Morgan fingerprint density at radius 2 is 2.18 bits per heavy atom. The minimum atomic E-state index is 1.03. The lowest BCUT2D eigenvalue weighted by Gasteiger charge is -2.01. The van der Waals surface area contributed by atoms with E-state index in [-0.39, 0.29) is 0 Å². The number of hydrogen-bond donors (Lipinski definition) is 0. The molecule has 1 heterocycles. The molecule has 1 nitrogen and oxygen atoms in total. The zero-order chi connectivity index (χ0) is 8.27. The normalized spacial score (nSPS) is 10.1. The molecule has 0 aliphatic carbocycles. The van der Waals surface area contributed by atoms with E-state index < -0.39 is 0 Å². The Balaban J connectivity index is 2.96. The summed E-state index contributed by atoms with van der Waals surface area (Å²) >= 11 is 6.90. The summed E-state index contributed by atoms with van der Waals surface area (Å²) < 4.78 is 2.16. The lowest BCUT2D eigenvalue weighted by molar-refractivity contribution is 0.874. The molecule has 3 heteroatoms. The Morgan fingerprint density at radius 1 is 1.45 bits per heavy atom. The summed E-state index contributed by atoms with van der Waals surface area (Å²) in [4.78, 5) is 4.25. The number of aromatic nitrogens is 1. The molecule has 1 aromatic rings. The topological polar surface area (TPSA) is 12.9 Å². The van der Waals surface area contributed by atoms with E-state index in [1.54, 1.807) is 0 Å². The Kier molecular flexibility index (Phi) is 3.52. The first-order valence-corrected chi connectivity index (χ1v) is 5.13. The third-order valence-corrected chi connectivity index (χ3v) is 3.48. The van der Waals surface area contributed by atoms with Crippen LogP contribution in [0.2, 0.25) is 0 Å². The van der Waals surface area contributed by atoms with Crippen LogP contribution in [0.25, 0.3) is 0 Å². The summed E-state index contributed by atoms with van der Waals surface area (Å²) in [6.07, 6.45) is 3.97. The van der Waals surface area contributed by atoms with Gasteiger partial charge in [-0.25, -0.2) is 0 Å². The monoisotopic (exact) mass is 277 g/mol. The third-order valence-electron chi connectivity index (χ3n) is 1.40. The molecule has 0 fully saturated rings. The fraction of sp³-hybridized carbons (Fsp3) is 0.375. The molecule has 0 aromatic carbocycles. The molecule has 0 amide bonds. The van der Waals surface area contributed by atoms with Crippen molar-refractivity contribution in [1.29, 1.82) is 0 Å². The lowest BCUT2D eigenvalue weighted by atomic mass is 10.2. The molecule has 60 valence electrons. The molecular formula is C8H9Br2N. The van der Waals surface area contributed by atoms with Gasteiger partial charge in [0.1, 0.15) is 0 Å². The molecule has 0 atom stereocenters. The molecule has 0 radical (unpaired) electrons. The van der Waals surface area contributed by atoms with E-state index in [1.165, 1.54) is 0 Å². The van der Waals surface area contributed by atoms with Gasteiger partial charge in [0.15, 0.2) is 0 Å². The second kappa shape index (κ2) is 4.21. The van der Waals surface area contributed by atoms with Crippen LogP contribution in [0.15, 0.2) is 21.2 Å². The molecule has 0 spiro atoms. The maximum absolute atomic E-state index is 4.25. The number of pyridine rings is 1. The standard InChI is InChI=1S/C8H9Br2N/c1-2-3-7-8(10)6(9)4-5-11-7/h4-5H,2-3H2,1H3. The van der Waals surface area contributed by atoms with Gasteiger partial charge in [0.25, 0.3) is 0 Å². The van der Waals surface area contributed by atoms with Crippen molar-refractivity contribution < 1.29 is 0 Å². The van der Waals surface area contributed by atoms with Crippen molar-refractivity contribution in [3.05, 3.63) is 26.9 Å². The van der Waals surface area contributed by atoms with Crippen LogP contribution < -0.4 is 0 Å². The molecule has 1 rings (SSSR count). The third kappa shape index (κ3) is 2.27. The van der Waals surface area contributed by atoms with Crippen molar-refractivity contribution in [1.82, 2.24) is 4.98 Å². The highest BCUT2D eigenvalue weighted by molar-refractivity contribution is 9.13. The second-order valence-electron chi connectivity index (χ2n) is 2.30. The van der Waals surface area contributed by atoms with Gasteiger partial charge in [-0.2, -0.15) is 0 Å². The Labute approximate surface area is 83.5 Å². The lowest BCUT2D eigenvalue weighted by Crippen LogP contribution is -1.90. The largest absolute Gasteiger partial charge is 0.260 e. The molecule has 0 aliphatic heterocycles. The minimum absolute atomic E-state index is 1.03. The molecule has 0 saturated carbocycles. The van der Waals surface area contributed by atoms with Crippen molar-refractivity contribution in [3.8, 4) is 0 Å². The molecule has 0 unspecified atom stereocenters. The number of aryl methyl sites for hydroxylation is 1. The summed E-state index contributed by atoms with van der Waals surface area (Å²) in [6, 6.07) is 1.93. The van der Waals surface area contributed by atoms with Crippen LogP contribution in [0.5, 0.6) is 0 Å². The zero-order valence-electron chi connectivity index (χ0n) is 6.27. The van der Waals surface area contributed by atoms with Gasteiger partial charge in [0.2, 0.25) is 0 Å². The molecule has 1 aromatic heterocycles. The van der Waals surface area contributed by atoms with Crippen molar-refractivity contribution >= 4 is 31.9 Å². The van der Waals surface area contributed by atoms with Gasteiger partial charge >= 0.3 is 0 Å². The minimum Gasteiger partial charge on any atom is -0.260 e. The quantitative estimate of drug-likeness (QED) is 0.806. The smallest absolute Gasteiger partial charge is 0.0556 e. The van der Waals surface area contributed by atoms with Gasteiger partial charge in [0.05, 0.1) is 10.2 Å². The van der Waals surface area contributed by atoms with Crippen LogP contribution in [-0.4, -0.2) is 4.98 Å². The van der Waals surface area contributed by atoms with Gasteiger partial charge in [-0.1, -0.05) is 13.3 Å². The molecule has 0 bridgehead atoms. The van der Waals surface area contributed by atoms with Crippen molar-refractivity contribution in [3.63, 3.8) is 0 Å². The fourth-order valence-electron chi connectivity index (χ4n) is 0.871. The van der Waals surface area contributed by atoms with E-state index in [1.807, 2.05) is 12.3 Å². The van der Waals surface area contributed by atoms with Gasteiger partial charge in [-0.3, -0.25) is 4.98 Å². The van der Waals surface area contributed by atoms with Gasteiger partial charge in [0, 0.05) is 10.7 Å². The van der Waals surface area contributed by atoms with E-state index in [0.717, 1.165) is 27.5 Å². The average molecular weight is 279 g/mol. The van der Waals surface area contributed by atoms with Crippen LogP contribution in [-0.2, 0) is 6.42 Å². The molecule has 0 aliphatic rings. The number of hydrogen-bond acceptors (Lipinski definition) is 1. The van der Waals surface area contributed by atoms with Crippen LogP contribution in [0.4, 0.5) is 0 Å². The highest BCUT2D eigenvalue weighted by Gasteiger charge is 2.02. The summed E-state index contributed by atoms with van der Waals surface area (Å²) in [5.74, 6) is 0. The highest BCUT2D eigenvalue weighted by Crippen LogP contribution is 2.25. The van der Waals surface area contributed by atoms with Gasteiger partial charge in [-0.05, 0) is 44.3 Å². The van der Waals surface area contributed by atoms with Crippen molar-refractivity contribution in [2.45, 2.75) is 19.8 Å². The Bertz CT molecular complexity index is 248. The predicted molar refractivity (Wildman–Crippen MR) is 53.6 cm³/mol. The second-order valence-corrected chi connectivity index (χ2v) is 3.95. The van der Waals surface area contributed by atoms with Crippen LogP contribution in [0.1, 0.15) is 19.0 Å². The molecular weight excluding hydrogens is 270 g/mol. The average Bonchev–Trinajstić information content (AvgIpc) is 1.99. The van der Waals surface area contributed by atoms with Crippen molar-refractivity contribution in [2.75, 3.05) is 0 Å². The van der Waals surface area contributed by atoms with Crippen molar-refractivity contribution in [2.24, 2.45) is 0 Å². The van der Waals surface area contributed by atoms with Gasteiger partial charge < -0.3 is 0 Å². The molecule has 11 heavy (non-hydrogen) atoms. The summed E-state index contributed by atoms with van der Waals surface area (Å²) in [6.45, 7) is 2.15. The summed E-state index contributed by atoms with van der Waals surface area (Å²) in [5.41, 5.74) is 1.13. The number of halogens is 2. The Morgan fingerprint density at radius 3 is 2.82 bits per heavy atom. The number of nitrogens with zero attached hydrogens (tertiary/aromatic N) is 1. The van der Waals surface area contributed by atoms with E-state index in [2.05, 4.69) is 43.8 Å². The summed E-state index contributed by atoms with van der Waals surface area (Å²) in [7, 11) is 0. The molecule has 0 N–H and O–H groups in total.